The van der Waals surface area contributed by atoms with E-state index in [4.69, 9.17) is 5.73 Å². The summed E-state index contributed by atoms with van der Waals surface area (Å²) in [4.78, 5) is 14.5. The first-order valence-corrected chi connectivity index (χ1v) is 7.36. The molecule has 0 saturated carbocycles. The van der Waals surface area contributed by atoms with Crippen molar-refractivity contribution in [1.82, 2.24) is 4.90 Å². The number of carbonyl (C=O) groups excluding carboxylic acids is 1. The summed E-state index contributed by atoms with van der Waals surface area (Å²) in [5.74, 6) is 0.137. The fraction of sp³-hybridized carbons (Fsp3) is 0.562. The molecule has 1 aromatic carbocycles. The minimum Gasteiger partial charge on any atom is -0.334 e. The Morgan fingerprint density at radius 1 is 1.32 bits per heavy atom. The van der Waals surface area contributed by atoms with Crippen LogP contribution >= 0.6 is 0 Å². The third kappa shape index (κ3) is 3.35. The minimum atomic E-state index is 0.137. The molecule has 104 valence electrons. The smallest absolute Gasteiger partial charge is 0.254 e. The number of aryl methyl sites for hydroxylation is 1. The lowest BCUT2D eigenvalue weighted by atomic mass is 10.00. The molecule has 3 nitrogen and oxygen atoms in total. The summed E-state index contributed by atoms with van der Waals surface area (Å²) in [5, 5.41) is 0. The number of likely N-dealkylation sites (tertiary alicyclic amines) is 1. The molecule has 1 unspecified atom stereocenters. The number of carbonyl (C=O) groups is 1. The van der Waals surface area contributed by atoms with Crippen molar-refractivity contribution < 1.29 is 4.79 Å². The highest BCUT2D eigenvalue weighted by Crippen LogP contribution is 2.19. The minimum absolute atomic E-state index is 0.137. The van der Waals surface area contributed by atoms with Gasteiger partial charge >= 0.3 is 0 Å². The number of hydrogen-bond acceptors (Lipinski definition) is 2. The number of nitrogens with zero attached hydrogens (tertiary/aromatic N) is 1. The summed E-state index contributed by atoms with van der Waals surface area (Å²) in [6.45, 7) is 3.58. The van der Waals surface area contributed by atoms with E-state index in [0.29, 0.717) is 6.54 Å². The molecule has 19 heavy (non-hydrogen) atoms. The van der Waals surface area contributed by atoms with Crippen LogP contribution in [0.3, 0.4) is 0 Å². The summed E-state index contributed by atoms with van der Waals surface area (Å²) in [6, 6.07) is 8.26. The Hall–Kier alpha value is -1.35. The highest BCUT2D eigenvalue weighted by Gasteiger charge is 2.26. The normalized spacial score (nSPS) is 19.5. The van der Waals surface area contributed by atoms with Crippen molar-refractivity contribution in [3.63, 3.8) is 0 Å². The lowest BCUT2D eigenvalue weighted by Crippen LogP contribution is -2.47. The lowest BCUT2D eigenvalue weighted by molar-refractivity contribution is 0.0623. The highest BCUT2D eigenvalue weighted by molar-refractivity contribution is 5.94. The van der Waals surface area contributed by atoms with E-state index >= 15 is 0 Å². The molecule has 0 aliphatic carbocycles. The predicted molar refractivity (Wildman–Crippen MR) is 78.2 cm³/mol. The van der Waals surface area contributed by atoms with Crippen LogP contribution in [0.1, 0.15) is 48.5 Å². The van der Waals surface area contributed by atoms with Crippen LogP contribution in [0.15, 0.2) is 24.3 Å². The van der Waals surface area contributed by atoms with Crippen LogP contribution in [-0.2, 0) is 6.42 Å². The van der Waals surface area contributed by atoms with Gasteiger partial charge in [0.05, 0.1) is 0 Å². The Labute approximate surface area is 115 Å². The molecule has 1 saturated heterocycles. The van der Waals surface area contributed by atoms with Crippen molar-refractivity contribution in [3.8, 4) is 0 Å². The molecule has 3 heteroatoms. The van der Waals surface area contributed by atoms with Crippen molar-refractivity contribution in [2.24, 2.45) is 5.73 Å². The molecule has 1 aromatic rings. The fourth-order valence-corrected chi connectivity index (χ4v) is 2.78. The van der Waals surface area contributed by atoms with Gasteiger partial charge in [0.25, 0.3) is 5.91 Å². The van der Waals surface area contributed by atoms with E-state index in [1.54, 1.807) is 0 Å². The van der Waals surface area contributed by atoms with Crippen molar-refractivity contribution in [1.29, 1.82) is 0 Å². The maximum Gasteiger partial charge on any atom is 0.254 e. The largest absolute Gasteiger partial charge is 0.334 e. The molecule has 1 aliphatic rings. The highest BCUT2D eigenvalue weighted by atomic mass is 16.2. The van der Waals surface area contributed by atoms with Gasteiger partial charge in [0, 0.05) is 24.7 Å². The van der Waals surface area contributed by atoms with Crippen LogP contribution in [0, 0.1) is 0 Å². The topological polar surface area (TPSA) is 46.3 Å². The molecule has 0 spiro atoms. The Morgan fingerprint density at radius 3 is 2.68 bits per heavy atom. The molecule has 0 radical (unpaired) electrons. The SMILES string of the molecule is CCCc1ccc(C(=O)N2CCCCC2CN)cc1. The van der Waals surface area contributed by atoms with Crippen molar-refractivity contribution >= 4 is 5.91 Å². The van der Waals surface area contributed by atoms with Gasteiger partial charge in [-0.15, -0.1) is 0 Å². The van der Waals surface area contributed by atoms with Crippen LogP contribution in [0.5, 0.6) is 0 Å². The van der Waals surface area contributed by atoms with Gasteiger partial charge in [0.15, 0.2) is 0 Å². The van der Waals surface area contributed by atoms with Gasteiger partial charge in [-0.25, -0.2) is 0 Å². The molecule has 1 heterocycles. The van der Waals surface area contributed by atoms with E-state index in [0.717, 1.165) is 37.8 Å². The fourth-order valence-electron chi connectivity index (χ4n) is 2.78. The third-order valence-corrected chi connectivity index (χ3v) is 3.90. The summed E-state index contributed by atoms with van der Waals surface area (Å²) in [7, 11) is 0. The zero-order valence-corrected chi connectivity index (χ0v) is 11.8. The van der Waals surface area contributed by atoms with Gasteiger partial charge in [-0.3, -0.25) is 4.79 Å². The van der Waals surface area contributed by atoms with Crippen LogP contribution in [-0.4, -0.2) is 29.9 Å². The number of piperidine rings is 1. The Kier molecular flexibility index (Phi) is 4.97. The summed E-state index contributed by atoms with van der Waals surface area (Å²) in [6.07, 6.45) is 5.52. The van der Waals surface area contributed by atoms with Crippen LogP contribution < -0.4 is 5.73 Å². The second-order valence-corrected chi connectivity index (χ2v) is 5.33. The maximum absolute atomic E-state index is 12.5. The van der Waals surface area contributed by atoms with Crippen LogP contribution in [0.25, 0.3) is 0 Å². The van der Waals surface area contributed by atoms with Crippen molar-refractivity contribution in [2.45, 2.75) is 45.1 Å². The average Bonchev–Trinajstić information content (AvgIpc) is 2.47. The maximum atomic E-state index is 12.5. The van der Waals surface area contributed by atoms with Gasteiger partial charge in [-0.1, -0.05) is 25.5 Å². The molecular weight excluding hydrogens is 236 g/mol. The molecule has 1 atom stereocenters. The quantitative estimate of drug-likeness (QED) is 0.904. The first-order valence-electron chi connectivity index (χ1n) is 7.36. The number of nitrogens with two attached hydrogens (primary N) is 1. The van der Waals surface area contributed by atoms with E-state index in [2.05, 4.69) is 19.1 Å². The monoisotopic (exact) mass is 260 g/mol. The Bertz CT molecular complexity index is 413. The van der Waals surface area contributed by atoms with Crippen molar-refractivity contribution in [2.75, 3.05) is 13.1 Å². The van der Waals surface area contributed by atoms with Gasteiger partial charge in [-0.05, 0) is 43.4 Å². The van der Waals surface area contributed by atoms with Gasteiger partial charge < -0.3 is 10.6 Å². The van der Waals surface area contributed by atoms with E-state index < -0.39 is 0 Å². The molecule has 0 bridgehead atoms. The average molecular weight is 260 g/mol. The number of benzene rings is 1. The van der Waals surface area contributed by atoms with E-state index in [1.807, 2.05) is 17.0 Å². The first kappa shape index (κ1) is 14.1. The summed E-state index contributed by atoms with van der Waals surface area (Å²) < 4.78 is 0. The van der Waals surface area contributed by atoms with Gasteiger partial charge in [0.1, 0.15) is 0 Å². The molecule has 1 amide bonds. The number of rotatable bonds is 4. The van der Waals surface area contributed by atoms with E-state index in [9.17, 15) is 4.79 Å². The first-order chi connectivity index (χ1) is 9.26. The Morgan fingerprint density at radius 2 is 2.05 bits per heavy atom. The zero-order chi connectivity index (χ0) is 13.7. The second kappa shape index (κ2) is 6.71. The van der Waals surface area contributed by atoms with Crippen LogP contribution in [0.2, 0.25) is 0 Å². The Balaban J connectivity index is 2.09. The summed E-state index contributed by atoms with van der Waals surface area (Å²) >= 11 is 0. The predicted octanol–water partition coefficient (Wildman–Crippen LogP) is 2.59. The lowest BCUT2D eigenvalue weighted by Gasteiger charge is -2.35. The second-order valence-electron chi connectivity index (χ2n) is 5.33. The third-order valence-electron chi connectivity index (χ3n) is 3.90. The van der Waals surface area contributed by atoms with Crippen molar-refractivity contribution in [3.05, 3.63) is 35.4 Å². The van der Waals surface area contributed by atoms with Gasteiger partial charge in [-0.2, -0.15) is 0 Å². The molecule has 2 rings (SSSR count). The molecular formula is C16H24N2O. The number of hydrogen-bond donors (Lipinski definition) is 1. The molecule has 1 aliphatic heterocycles. The molecule has 2 N–H and O–H groups in total. The molecule has 0 aromatic heterocycles. The van der Waals surface area contributed by atoms with Crippen LogP contribution in [0.4, 0.5) is 0 Å². The van der Waals surface area contributed by atoms with Gasteiger partial charge in [0.2, 0.25) is 0 Å². The van der Waals surface area contributed by atoms with E-state index in [1.165, 1.54) is 12.0 Å². The number of amides is 1. The van der Waals surface area contributed by atoms with E-state index in [-0.39, 0.29) is 11.9 Å². The summed E-state index contributed by atoms with van der Waals surface area (Å²) in [5.41, 5.74) is 7.87. The molecule has 1 fully saturated rings. The zero-order valence-electron chi connectivity index (χ0n) is 11.8. The standard InChI is InChI=1S/C16H24N2O/c1-2-5-13-7-9-14(10-8-13)16(19)18-11-4-3-6-15(18)12-17/h7-10,15H,2-6,11-12,17H2,1H3.